The number of hydrogen-bond donors (Lipinski definition) is 14. The van der Waals surface area contributed by atoms with Gasteiger partial charge in [0.2, 0.25) is 5.43 Å². The highest BCUT2D eigenvalue weighted by atomic mass is 17.2. The number of hydrogen-bond acceptors (Lipinski definition) is 22. The van der Waals surface area contributed by atoms with E-state index in [1.807, 2.05) is 13.8 Å². The van der Waals surface area contributed by atoms with Gasteiger partial charge in [0.25, 0.3) is 0 Å². The smallest absolute Gasteiger partial charge is 0.200 e. The summed E-state index contributed by atoms with van der Waals surface area (Å²) < 4.78 is 12.9. The number of phenolic OH excluding ortho intramolecular Hbond substituents is 13. The predicted molar refractivity (Wildman–Crippen MR) is 398 cm³/mol. The molecule has 550 valence electrons. The maximum atomic E-state index is 16.1. The van der Waals surface area contributed by atoms with Crippen LogP contribution in [-0.2, 0) is 19.3 Å². The first-order chi connectivity index (χ1) is 50.8. The van der Waals surface area contributed by atoms with Crippen molar-refractivity contribution in [1.29, 1.82) is 0 Å². The number of phenols is 13. The van der Waals surface area contributed by atoms with Crippen LogP contribution in [0.2, 0.25) is 0 Å². The lowest BCUT2D eigenvalue weighted by Gasteiger charge is -2.37. The summed E-state index contributed by atoms with van der Waals surface area (Å²) in [5.41, 5.74) is 0.708. The SMILES string of the molecule is CC(C)=CCc1c(OOc2cc(O)cc3oc(-c4ccc(O)c(C5C=C(C)CC(c6ccc(O)cc6O)C5C(=O)c5cc(O)cc(O)c5)c4O)c(CC=C(C)C)c(=O)c23)ccc(C(=O)C2C(c3c(O)ccc(-c4oc5cc(O)cc(=O)c-5c(O)c4CC=C(C)C)c3O)C=C(C)CC2c2ccc(O)cc2O)c1O. The molecule has 1 aliphatic heterocycles. The van der Waals surface area contributed by atoms with Gasteiger partial charge in [0.1, 0.15) is 114 Å². The van der Waals surface area contributed by atoms with Crippen LogP contribution in [-0.4, -0.2) is 83.1 Å². The largest absolute Gasteiger partial charge is 0.508 e. The molecule has 0 saturated carbocycles. The zero-order chi connectivity index (χ0) is 77.0. The van der Waals surface area contributed by atoms with Crippen molar-refractivity contribution in [2.75, 3.05) is 0 Å². The van der Waals surface area contributed by atoms with Crippen LogP contribution in [0, 0.1) is 11.8 Å². The minimum absolute atomic E-state index is 0.0229. The van der Waals surface area contributed by atoms with Crippen molar-refractivity contribution < 1.29 is 99.7 Å². The first-order valence-corrected chi connectivity index (χ1v) is 34.3. The summed E-state index contributed by atoms with van der Waals surface area (Å²) in [5.74, 6) is -16.6. The molecule has 6 unspecified atom stereocenters. The Morgan fingerprint density at radius 1 is 0.449 bits per heavy atom. The molecule has 22 nitrogen and oxygen atoms in total. The Hall–Kier alpha value is -13.0. The number of carbonyl (C=O) groups is 2. The van der Waals surface area contributed by atoms with Crippen molar-refractivity contribution in [1.82, 2.24) is 0 Å². The lowest BCUT2D eigenvalue weighted by atomic mass is 9.65. The fraction of sp³-hybridized carbons (Fsp3) is 0.224. The average molecular weight is 1450 g/mol. The molecule has 2 heterocycles. The van der Waals surface area contributed by atoms with E-state index in [1.165, 1.54) is 60.7 Å². The van der Waals surface area contributed by atoms with Crippen LogP contribution in [0.4, 0.5) is 0 Å². The van der Waals surface area contributed by atoms with E-state index >= 15 is 14.4 Å². The number of Topliss-reactive ketones (excluding diaryl/α,β-unsaturated/α-hetero) is 2. The lowest BCUT2D eigenvalue weighted by Crippen LogP contribution is -2.32. The Bertz CT molecular complexity index is 5530. The molecule has 0 spiro atoms. The van der Waals surface area contributed by atoms with Crippen LogP contribution >= 0.6 is 0 Å². The first-order valence-electron chi connectivity index (χ1n) is 34.3. The zero-order valence-electron chi connectivity index (χ0n) is 59.4. The van der Waals surface area contributed by atoms with E-state index in [0.29, 0.717) is 11.1 Å². The Kier molecular flexibility index (Phi) is 20.2. The number of aromatic hydroxyl groups is 14. The molecule has 0 saturated heterocycles. The number of allylic oxidation sites excluding steroid dienone is 10. The highest BCUT2D eigenvalue weighted by Crippen LogP contribution is 2.58. The summed E-state index contributed by atoms with van der Waals surface area (Å²) in [5, 5.41) is 161. The van der Waals surface area contributed by atoms with Crippen LogP contribution < -0.4 is 20.6 Å². The maximum Gasteiger partial charge on any atom is 0.200 e. The molecule has 22 heteroatoms. The summed E-state index contributed by atoms with van der Waals surface area (Å²) in [6.07, 6.45) is 8.43. The Morgan fingerprint density at radius 3 is 1.45 bits per heavy atom. The summed E-state index contributed by atoms with van der Waals surface area (Å²) in [6.45, 7) is 14.2. The van der Waals surface area contributed by atoms with E-state index in [2.05, 4.69) is 0 Å². The van der Waals surface area contributed by atoms with Gasteiger partial charge in [-0.15, -0.1) is 0 Å². The third-order valence-corrected chi connectivity index (χ3v) is 19.8. The van der Waals surface area contributed by atoms with Crippen LogP contribution in [0.5, 0.6) is 92.0 Å². The minimum atomic E-state index is -1.43. The Balaban J connectivity index is 0.962. The molecule has 0 amide bonds. The molecule has 4 aliphatic rings. The molecule has 0 bridgehead atoms. The molecule has 107 heavy (non-hydrogen) atoms. The van der Waals surface area contributed by atoms with Crippen LogP contribution in [0.1, 0.15) is 152 Å². The Labute approximate surface area is 612 Å². The molecule has 8 aromatic rings. The lowest BCUT2D eigenvalue weighted by molar-refractivity contribution is -0.0994. The van der Waals surface area contributed by atoms with Gasteiger partial charge in [-0.25, -0.2) is 0 Å². The molecule has 7 aromatic carbocycles. The summed E-state index contributed by atoms with van der Waals surface area (Å²) >= 11 is 0. The van der Waals surface area contributed by atoms with Crippen molar-refractivity contribution in [3.05, 3.63) is 244 Å². The van der Waals surface area contributed by atoms with Crippen LogP contribution in [0.3, 0.4) is 0 Å². The van der Waals surface area contributed by atoms with Gasteiger partial charge < -0.3 is 80.3 Å². The highest BCUT2D eigenvalue weighted by Gasteiger charge is 2.46. The number of ketones is 2. The van der Waals surface area contributed by atoms with Gasteiger partial charge in [-0.05, 0) is 159 Å². The zero-order valence-corrected chi connectivity index (χ0v) is 59.4. The van der Waals surface area contributed by atoms with E-state index in [1.54, 1.807) is 71.9 Å². The second kappa shape index (κ2) is 29.3. The second-order valence-corrected chi connectivity index (χ2v) is 28.2. The molecular formula is C85H78O22. The molecule has 0 fully saturated rings. The maximum absolute atomic E-state index is 16.1. The van der Waals surface area contributed by atoms with Crippen molar-refractivity contribution in [2.24, 2.45) is 11.8 Å². The fourth-order valence-corrected chi connectivity index (χ4v) is 14.8. The third-order valence-electron chi connectivity index (χ3n) is 19.8. The Morgan fingerprint density at radius 2 is 0.925 bits per heavy atom. The summed E-state index contributed by atoms with van der Waals surface area (Å²) in [4.78, 5) is 72.1. The quantitative estimate of drug-likeness (QED) is 0.0155. The summed E-state index contributed by atoms with van der Waals surface area (Å²) in [7, 11) is 0. The van der Waals surface area contributed by atoms with Gasteiger partial charge in [-0.1, -0.05) is 70.4 Å². The number of fused-ring (bicyclic) bond motifs is 2. The van der Waals surface area contributed by atoms with Gasteiger partial charge in [-0.3, -0.25) is 29.0 Å². The minimum Gasteiger partial charge on any atom is -0.508 e. The second-order valence-electron chi connectivity index (χ2n) is 28.2. The highest BCUT2D eigenvalue weighted by molar-refractivity contribution is 6.03. The monoisotopic (exact) mass is 1450 g/mol. The summed E-state index contributed by atoms with van der Waals surface area (Å²) in [6, 6.07) is 22.9. The molecular weight excluding hydrogens is 1370 g/mol. The van der Waals surface area contributed by atoms with Crippen molar-refractivity contribution >= 4 is 22.5 Å². The number of carbonyl (C=O) groups excluding carboxylic acids is 2. The van der Waals surface area contributed by atoms with Gasteiger partial charge in [0.15, 0.2) is 28.5 Å². The predicted octanol–water partition coefficient (Wildman–Crippen LogP) is 16.4. The molecule has 6 atom stereocenters. The van der Waals surface area contributed by atoms with E-state index in [9.17, 15) is 76.3 Å². The topological polar surface area (TPSA) is 396 Å². The average Bonchev–Trinajstić information content (AvgIpc) is 0.746. The normalized spacial score (nSPS) is 17.0. The van der Waals surface area contributed by atoms with Crippen LogP contribution in [0.15, 0.2) is 192 Å². The van der Waals surface area contributed by atoms with Gasteiger partial charge in [-0.2, -0.15) is 0 Å². The van der Waals surface area contributed by atoms with Crippen molar-refractivity contribution in [3.8, 4) is 126 Å². The van der Waals surface area contributed by atoms with E-state index < -0.39 is 127 Å². The van der Waals surface area contributed by atoms with Crippen molar-refractivity contribution in [3.63, 3.8) is 0 Å². The first kappa shape index (κ1) is 73.8. The molecule has 1 aromatic heterocycles. The number of rotatable bonds is 19. The fourth-order valence-electron chi connectivity index (χ4n) is 14.8. The molecule has 12 rings (SSSR count). The molecule has 3 aliphatic carbocycles. The molecule has 0 radical (unpaired) electrons. The van der Waals surface area contributed by atoms with Crippen LogP contribution in [0.25, 0.3) is 44.9 Å². The standard InChI is InChI=1S/C85H78O22/c1-38(2)9-14-52-67(24-21-53(78(52)98)79(99)72-59(51-18-13-45(87)33-65(51)95)26-42(8)28-61(72)74-63(93)23-19-56(81(74)101)84-54(15-10-39(3)4)82(102)75-66(96)34-48(90)35-68(75)104-84)106-107-70-37-49(91)36-69-76(70)83(103)55(16-11-40(5)6)85(105-69)57-20-22-62(92)73(80(57)100)60-27-41(7)25-58(50-17-12-44(86)32-64(50)94)71(60)77(97)43-29-46(88)31-47(89)30-43/h9-13,17-24,27-37,58-61,71-72,86-95,98,100-102H,14-16,25-26H2,1-8H3. The van der Waals surface area contributed by atoms with Gasteiger partial charge in [0, 0.05) is 111 Å². The van der Waals surface area contributed by atoms with E-state index in [0.717, 1.165) is 71.3 Å². The van der Waals surface area contributed by atoms with Crippen molar-refractivity contribution in [2.45, 2.75) is 111 Å². The number of benzene rings is 8. The van der Waals surface area contributed by atoms with Gasteiger partial charge >= 0.3 is 0 Å². The third kappa shape index (κ3) is 14.3. The molecule has 14 N–H and O–H groups in total. The van der Waals surface area contributed by atoms with E-state index in [4.69, 9.17) is 18.6 Å². The van der Waals surface area contributed by atoms with E-state index in [-0.39, 0.29) is 150 Å². The van der Waals surface area contributed by atoms with Gasteiger partial charge in [0.05, 0.1) is 16.7 Å².